The van der Waals surface area contributed by atoms with E-state index >= 15 is 0 Å². The molecule has 2 rings (SSSR count). The van der Waals surface area contributed by atoms with E-state index in [2.05, 4.69) is 10.2 Å². The Morgan fingerprint density at radius 2 is 0.950 bits per heavy atom. The fourth-order valence-electron chi connectivity index (χ4n) is 1.49. The molecule has 0 radical (unpaired) electrons. The second kappa shape index (κ2) is 5.75. The molecule has 0 fully saturated rings. The Bertz CT molecular complexity index is 586. The summed E-state index contributed by atoms with van der Waals surface area (Å²) in [7, 11) is 0. The Kier molecular flexibility index (Phi) is 3.85. The van der Waals surface area contributed by atoms with Gasteiger partial charge in [0.15, 0.2) is 11.7 Å². The van der Waals surface area contributed by atoms with E-state index in [-0.39, 0.29) is 23.2 Å². The fraction of sp³-hybridized carbons (Fsp3) is 0. The Morgan fingerprint density at radius 1 is 0.650 bits per heavy atom. The standard InChI is InChI=1S/C14H14N4O2/c15-13(9-1-5-11(19)6-2-9)17-18-14(16)10-3-7-12(20)8-4-10/h1-8,19-20H,(H2,15,17)(H2,16,18). The van der Waals surface area contributed by atoms with Gasteiger partial charge in [0.1, 0.15) is 11.5 Å². The van der Waals surface area contributed by atoms with Crippen LogP contribution in [0, 0.1) is 0 Å². The Labute approximate surface area is 115 Å². The van der Waals surface area contributed by atoms with Crippen LogP contribution in [-0.4, -0.2) is 21.9 Å². The van der Waals surface area contributed by atoms with E-state index in [1.807, 2.05) is 0 Å². The summed E-state index contributed by atoms with van der Waals surface area (Å²) < 4.78 is 0. The van der Waals surface area contributed by atoms with Crippen molar-refractivity contribution in [1.29, 1.82) is 0 Å². The molecule has 20 heavy (non-hydrogen) atoms. The Hall–Kier alpha value is -3.02. The van der Waals surface area contributed by atoms with Crippen molar-refractivity contribution in [2.45, 2.75) is 0 Å². The first-order valence-corrected chi connectivity index (χ1v) is 5.81. The second-order valence-electron chi connectivity index (χ2n) is 4.06. The van der Waals surface area contributed by atoms with Gasteiger partial charge in [-0.25, -0.2) is 0 Å². The molecule has 0 spiro atoms. The number of aromatic hydroxyl groups is 2. The van der Waals surface area contributed by atoms with Gasteiger partial charge >= 0.3 is 0 Å². The van der Waals surface area contributed by atoms with E-state index in [0.29, 0.717) is 11.1 Å². The number of rotatable bonds is 3. The van der Waals surface area contributed by atoms with Crippen LogP contribution in [0.25, 0.3) is 0 Å². The van der Waals surface area contributed by atoms with Gasteiger partial charge in [0.2, 0.25) is 0 Å². The van der Waals surface area contributed by atoms with Crippen LogP contribution in [0.5, 0.6) is 11.5 Å². The zero-order valence-electron chi connectivity index (χ0n) is 10.6. The van der Waals surface area contributed by atoms with E-state index in [9.17, 15) is 10.2 Å². The van der Waals surface area contributed by atoms with E-state index in [0.717, 1.165) is 0 Å². The summed E-state index contributed by atoms with van der Waals surface area (Å²) in [6, 6.07) is 12.5. The zero-order chi connectivity index (χ0) is 14.5. The summed E-state index contributed by atoms with van der Waals surface area (Å²) in [5, 5.41) is 26.0. The molecule has 0 amide bonds. The zero-order valence-corrected chi connectivity index (χ0v) is 10.6. The molecule has 0 bridgehead atoms. The van der Waals surface area contributed by atoms with Crippen LogP contribution < -0.4 is 11.5 Å². The number of phenolic OH excluding ortho intramolecular Hbond substituents is 2. The Morgan fingerprint density at radius 3 is 1.25 bits per heavy atom. The van der Waals surface area contributed by atoms with Crippen LogP contribution in [0.1, 0.15) is 11.1 Å². The van der Waals surface area contributed by atoms with Crippen molar-refractivity contribution in [1.82, 2.24) is 0 Å². The summed E-state index contributed by atoms with van der Waals surface area (Å²) in [5.74, 6) is 0.667. The quantitative estimate of drug-likeness (QED) is 0.380. The third-order valence-electron chi connectivity index (χ3n) is 2.59. The molecule has 0 aromatic heterocycles. The molecule has 0 unspecified atom stereocenters. The molecule has 0 aliphatic heterocycles. The van der Waals surface area contributed by atoms with Crippen LogP contribution in [0.3, 0.4) is 0 Å². The molecule has 0 heterocycles. The summed E-state index contributed by atoms with van der Waals surface area (Å²) in [5.41, 5.74) is 12.8. The van der Waals surface area contributed by atoms with Crippen LogP contribution >= 0.6 is 0 Å². The minimum absolute atomic E-state index is 0.147. The molecule has 0 aliphatic carbocycles. The van der Waals surface area contributed by atoms with Crippen LogP contribution in [-0.2, 0) is 0 Å². The van der Waals surface area contributed by atoms with Crippen molar-refractivity contribution in [3.63, 3.8) is 0 Å². The number of benzene rings is 2. The molecule has 2 aromatic carbocycles. The van der Waals surface area contributed by atoms with Crippen molar-refractivity contribution in [3.8, 4) is 11.5 Å². The lowest BCUT2D eigenvalue weighted by Crippen LogP contribution is -2.16. The van der Waals surface area contributed by atoms with Crippen LogP contribution in [0.4, 0.5) is 0 Å². The summed E-state index contributed by atoms with van der Waals surface area (Å²) >= 11 is 0. The maximum atomic E-state index is 9.18. The normalized spacial score (nSPS) is 12.4. The number of nitrogens with two attached hydrogens (primary N) is 2. The van der Waals surface area contributed by atoms with Gasteiger partial charge in [0, 0.05) is 11.1 Å². The third kappa shape index (κ3) is 3.26. The van der Waals surface area contributed by atoms with Gasteiger partial charge in [-0.3, -0.25) is 0 Å². The van der Waals surface area contributed by atoms with Gasteiger partial charge in [0.25, 0.3) is 0 Å². The molecular weight excluding hydrogens is 256 g/mol. The van der Waals surface area contributed by atoms with Gasteiger partial charge in [-0.05, 0) is 48.5 Å². The molecule has 6 nitrogen and oxygen atoms in total. The van der Waals surface area contributed by atoms with Crippen molar-refractivity contribution in [2.75, 3.05) is 0 Å². The SMILES string of the molecule is N/C(=N\N=C(/N)c1ccc(O)cc1)c1ccc(O)cc1. The number of hydrogen-bond donors (Lipinski definition) is 4. The monoisotopic (exact) mass is 270 g/mol. The summed E-state index contributed by atoms with van der Waals surface area (Å²) in [6.07, 6.45) is 0. The first-order chi connectivity index (χ1) is 9.56. The van der Waals surface area contributed by atoms with E-state index in [4.69, 9.17) is 11.5 Å². The van der Waals surface area contributed by atoms with Crippen LogP contribution in [0.2, 0.25) is 0 Å². The molecule has 0 atom stereocenters. The molecule has 6 N–H and O–H groups in total. The van der Waals surface area contributed by atoms with Crippen LogP contribution in [0.15, 0.2) is 58.7 Å². The largest absolute Gasteiger partial charge is 0.508 e. The second-order valence-corrected chi connectivity index (χ2v) is 4.06. The third-order valence-corrected chi connectivity index (χ3v) is 2.59. The Balaban J connectivity index is 2.19. The molecule has 0 saturated carbocycles. The van der Waals surface area contributed by atoms with Gasteiger partial charge in [-0.1, -0.05) is 0 Å². The summed E-state index contributed by atoms with van der Waals surface area (Å²) in [6.45, 7) is 0. The van der Waals surface area contributed by atoms with E-state index in [1.54, 1.807) is 24.3 Å². The highest BCUT2D eigenvalue weighted by Crippen LogP contribution is 2.10. The minimum Gasteiger partial charge on any atom is -0.508 e. The summed E-state index contributed by atoms with van der Waals surface area (Å²) in [4.78, 5) is 0. The highest BCUT2D eigenvalue weighted by molar-refractivity contribution is 6.00. The first kappa shape index (κ1) is 13.4. The molecule has 0 saturated heterocycles. The smallest absolute Gasteiger partial charge is 0.153 e. The van der Waals surface area contributed by atoms with Crippen molar-refractivity contribution in [3.05, 3.63) is 59.7 Å². The van der Waals surface area contributed by atoms with E-state index < -0.39 is 0 Å². The van der Waals surface area contributed by atoms with Gasteiger partial charge in [-0.2, -0.15) is 0 Å². The molecule has 102 valence electrons. The highest BCUT2D eigenvalue weighted by atomic mass is 16.3. The highest BCUT2D eigenvalue weighted by Gasteiger charge is 2.00. The number of phenols is 2. The van der Waals surface area contributed by atoms with Crippen molar-refractivity contribution < 1.29 is 10.2 Å². The first-order valence-electron chi connectivity index (χ1n) is 5.81. The predicted molar refractivity (Wildman–Crippen MR) is 77.7 cm³/mol. The number of hydrogen-bond acceptors (Lipinski definition) is 4. The average Bonchev–Trinajstić information content (AvgIpc) is 2.46. The minimum atomic E-state index is 0.147. The maximum absolute atomic E-state index is 9.18. The average molecular weight is 270 g/mol. The van der Waals surface area contributed by atoms with Gasteiger partial charge in [-0.15, -0.1) is 10.2 Å². The fourth-order valence-corrected chi connectivity index (χ4v) is 1.49. The lowest BCUT2D eigenvalue weighted by Gasteiger charge is -2.01. The molecule has 6 heteroatoms. The lowest BCUT2D eigenvalue weighted by molar-refractivity contribution is 0.474. The van der Waals surface area contributed by atoms with Crippen molar-refractivity contribution >= 4 is 11.7 Å². The molecule has 2 aromatic rings. The number of nitrogens with zero attached hydrogens (tertiary/aromatic N) is 2. The van der Waals surface area contributed by atoms with E-state index in [1.165, 1.54) is 24.3 Å². The lowest BCUT2D eigenvalue weighted by atomic mass is 10.2. The maximum Gasteiger partial charge on any atom is 0.153 e. The van der Waals surface area contributed by atoms with Gasteiger partial charge < -0.3 is 21.7 Å². The van der Waals surface area contributed by atoms with Crippen molar-refractivity contribution in [2.24, 2.45) is 21.7 Å². The number of amidine groups is 2. The topological polar surface area (TPSA) is 117 Å². The molecular formula is C14H14N4O2. The molecule has 0 aliphatic rings. The predicted octanol–water partition coefficient (Wildman–Crippen LogP) is 1.12. The van der Waals surface area contributed by atoms with Gasteiger partial charge in [0.05, 0.1) is 0 Å².